The van der Waals surface area contributed by atoms with Crippen LogP contribution in [0.15, 0.2) is 24.5 Å². The summed E-state index contributed by atoms with van der Waals surface area (Å²) >= 11 is 12.4. The lowest BCUT2D eigenvalue weighted by atomic mass is 9.94. The van der Waals surface area contributed by atoms with E-state index in [1.165, 1.54) is 12.4 Å². The molecule has 9 heteroatoms. The van der Waals surface area contributed by atoms with E-state index < -0.39 is 15.3 Å². The maximum Gasteiger partial charge on any atom is 0.172 e. The monoisotopic (exact) mass is 469 g/mol. The lowest BCUT2D eigenvalue weighted by molar-refractivity contribution is 0.0984. The Kier molecular flexibility index (Phi) is 5.72. The number of ether oxygens (including phenoxy) is 2. The summed E-state index contributed by atoms with van der Waals surface area (Å²) in [5.74, 6) is 0.736. The van der Waals surface area contributed by atoms with Crippen LogP contribution in [-0.4, -0.2) is 43.9 Å². The molecule has 1 spiro atoms. The lowest BCUT2D eigenvalue weighted by Gasteiger charge is -2.38. The first-order chi connectivity index (χ1) is 14.2. The molecule has 4 rings (SSSR count). The highest BCUT2D eigenvalue weighted by atomic mass is 35.5. The molecule has 0 saturated carbocycles. The van der Waals surface area contributed by atoms with Gasteiger partial charge in [-0.3, -0.25) is 9.78 Å². The Balaban J connectivity index is 1.68. The summed E-state index contributed by atoms with van der Waals surface area (Å²) in [7, 11) is -3.05. The van der Waals surface area contributed by atoms with E-state index in [2.05, 4.69) is 11.9 Å². The summed E-state index contributed by atoms with van der Waals surface area (Å²) in [5.41, 5.74) is 1.23. The SMILES string of the molecule is CCCc1ccc(C(=O)Cc2c(Cl)cncc2Cl)c2c1OCC1(CO2)CS(=O)(=O)C1. The first-order valence-electron chi connectivity index (χ1n) is 9.66. The molecule has 0 aliphatic carbocycles. The Morgan fingerprint density at radius 2 is 1.73 bits per heavy atom. The number of carbonyl (C=O) groups is 1. The summed E-state index contributed by atoms with van der Waals surface area (Å²) in [4.78, 5) is 17.1. The predicted octanol–water partition coefficient (Wildman–Crippen LogP) is 3.95. The summed E-state index contributed by atoms with van der Waals surface area (Å²) in [6.45, 7) is 2.48. The van der Waals surface area contributed by atoms with Crippen LogP contribution in [0.5, 0.6) is 11.5 Å². The van der Waals surface area contributed by atoms with E-state index >= 15 is 0 Å². The Morgan fingerprint density at radius 3 is 2.33 bits per heavy atom. The number of hydrogen-bond acceptors (Lipinski definition) is 6. The van der Waals surface area contributed by atoms with E-state index in [9.17, 15) is 13.2 Å². The van der Waals surface area contributed by atoms with Gasteiger partial charge in [-0.2, -0.15) is 0 Å². The summed E-state index contributed by atoms with van der Waals surface area (Å²) < 4.78 is 35.6. The Labute approximate surface area is 185 Å². The third kappa shape index (κ3) is 4.03. The molecule has 2 aliphatic rings. The molecule has 2 aliphatic heterocycles. The van der Waals surface area contributed by atoms with Crippen LogP contribution < -0.4 is 9.47 Å². The number of benzene rings is 1. The number of carbonyl (C=O) groups excluding carboxylic acids is 1. The molecule has 0 atom stereocenters. The van der Waals surface area contributed by atoms with Gasteiger partial charge in [0.25, 0.3) is 0 Å². The fourth-order valence-electron chi connectivity index (χ4n) is 4.00. The molecule has 2 aromatic rings. The van der Waals surface area contributed by atoms with Crippen molar-refractivity contribution in [3.63, 3.8) is 0 Å². The number of nitrogens with zero attached hydrogens (tertiary/aromatic N) is 1. The van der Waals surface area contributed by atoms with Gasteiger partial charge in [0.05, 0.1) is 45.7 Å². The number of sulfone groups is 1. The van der Waals surface area contributed by atoms with Crippen molar-refractivity contribution in [2.45, 2.75) is 26.2 Å². The second kappa shape index (κ2) is 8.02. The van der Waals surface area contributed by atoms with Gasteiger partial charge in [-0.1, -0.05) is 42.6 Å². The molecule has 30 heavy (non-hydrogen) atoms. The number of halogens is 2. The van der Waals surface area contributed by atoms with E-state index in [1.54, 1.807) is 6.07 Å². The molecule has 0 unspecified atom stereocenters. The van der Waals surface area contributed by atoms with Gasteiger partial charge in [-0.05, 0) is 18.1 Å². The lowest BCUT2D eigenvalue weighted by Crippen LogP contribution is -2.55. The van der Waals surface area contributed by atoms with E-state index in [-0.39, 0.29) is 36.9 Å². The number of fused-ring (bicyclic) bond motifs is 1. The molecule has 1 fully saturated rings. The second-order valence-electron chi connectivity index (χ2n) is 7.97. The number of Topliss-reactive ketones (excluding diaryl/α,β-unsaturated/α-hetero) is 1. The van der Waals surface area contributed by atoms with Gasteiger partial charge >= 0.3 is 0 Å². The minimum atomic E-state index is -3.05. The predicted molar refractivity (Wildman–Crippen MR) is 115 cm³/mol. The maximum absolute atomic E-state index is 13.2. The molecule has 0 amide bonds. The van der Waals surface area contributed by atoms with Gasteiger partial charge in [0, 0.05) is 24.4 Å². The Bertz CT molecular complexity index is 1080. The smallest absolute Gasteiger partial charge is 0.172 e. The second-order valence-corrected chi connectivity index (χ2v) is 10.9. The molecule has 3 heterocycles. The highest BCUT2D eigenvalue weighted by molar-refractivity contribution is 7.92. The molecule has 0 N–H and O–H groups in total. The van der Waals surface area contributed by atoms with Crippen molar-refractivity contribution in [1.29, 1.82) is 0 Å². The summed E-state index contributed by atoms with van der Waals surface area (Å²) in [6.07, 6.45) is 4.53. The van der Waals surface area contributed by atoms with E-state index in [1.807, 2.05) is 6.07 Å². The van der Waals surface area contributed by atoms with Crippen LogP contribution in [0.4, 0.5) is 0 Å². The van der Waals surface area contributed by atoms with E-state index in [0.717, 1.165) is 18.4 Å². The standard InChI is InChI=1S/C21H21Cl2NO5S/c1-2-3-13-4-5-14(18(25)6-15-16(22)7-24-8-17(15)23)20-19(13)28-9-21(10-29-20)11-30(26,27)12-21/h4-5,7-8H,2-3,6,9-12H2,1H3. The average Bonchev–Trinajstić information content (AvgIpc) is 2.85. The topological polar surface area (TPSA) is 82.6 Å². The zero-order valence-corrected chi connectivity index (χ0v) is 18.7. The fraction of sp³-hybridized carbons (Fsp3) is 0.429. The van der Waals surface area contributed by atoms with Gasteiger partial charge in [-0.25, -0.2) is 8.42 Å². The van der Waals surface area contributed by atoms with E-state index in [0.29, 0.717) is 32.7 Å². The van der Waals surface area contributed by atoms with Crippen molar-refractivity contribution in [3.05, 3.63) is 51.3 Å². The van der Waals surface area contributed by atoms with Crippen LogP contribution in [0, 0.1) is 5.41 Å². The molecule has 6 nitrogen and oxygen atoms in total. The van der Waals surface area contributed by atoms with Gasteiger partial charge in [0.15, 0.2) is 27.1 Å². The van der Waals surface area contributed by atoms with Gasteiger partial charge in [0.1, 0.15) is 0 Å². The number of rotatable bonds is 5. The van der Waals surface area contributed by atoms with Crippen molar-refractivity contribution in [2.75, 3.05) is 24.7 Å². The molecule has 160 valence electrons. The fourth-order valence-corrected chi connectivity index (χ4v) is 6.62. The minimum absolute atomic E-state index is 0.0113. The molecule has 1 saturated heterocycles. The largest absolute Gasteiger partial charge is 0.489 e. The highest BCUT2D eigenvalue weighted by Crippen LogP contribution is 2.44. The molecule has 0 bridgehead atoms. The number of ketones is 1. The van der Waals surface area contributed by atoms with Crippen LogP contribution in [-0.2, 0) is 22.7 Å². The quantitative estimate of drug-likeness (QED) is 0.616. The van der Waals surface area contributed by atoms with Crippen molar-refractivity contribution in [1.82, 2.24) is 4.98 Å². The third-order valence-corrected chi connectivity index (χ3v) is 8.16. The first kappa shape index (κ1) is 21.4. The van der Waals surface area contributed by atoms with Crippen LogP contribution in [0.1, 0.15) is 34.8 Å². The van der Waals surface area contributed by atoms with Crippen molar-refractivity contribution < 1.29 is 22.7 Å². The number of aryl methyl sites for hydroxylation is 1. The number of aromatic nitrogens is 1. The normalized spacial score (nSPS) is 18.5. The average molecular weight is 470 g/mol. The molecular formula is C21H21Cl2NO5S. The van der Waals surface area contributed by atoms with Gasteiger partial charge in [0.2, 0.25) is 0 Å². The van der Waals surface area contributed by atoms with Crippen LogP contribution in [0.25, 0.3) is 0 Å². The summed E-state index contributed by atoms with van der Waals surface area (Å²) in [6, 6.07) is 3.60. The van der Waals surface area contributed by atoms with Gasteiger partial charge < -0.3 is 9.47 Å². The van der Waals surface area contributed by atoms with E-state index in [4.69, 9.17) is 32.7 Å². The van der Waals surface area contributed by atoms with Crippen LogP contribution >= 0.6 is 23.2 Å². The molecular weight excluding hydrogens is 449 g/mol. The molecule has 1 aromatic carbocycles. The molecule has 1 aromatic heterocycles. The van der Waals surface area contributed by atoms with Gasteiger partial charge in [-0.15, -0.1) is 0 Å². The number of hydrogen-bond donors (Lipinski definition) is 0. The van der Waals surface area contributed by atoms with Crippen molar-refractivity contribution in [3.8, 4) is 11.5 Å². The summed E-state index contributed by atoms with van der Waals surface area (Å²) in [5, 5.41) is 0.640. The molecule has 0 radical (unpaired) electrons. The number of pyridine rings is 1. The first-order valence-corrected chi connectivity index (χ1v) is 12.2. The van der Waals surface area contributed by atoms with Crippen molar-refractivity contribution >= 4 is 38.8 Å². The van der Waals surface area contributed by atoms with Crippen LogP contribution in [0.2, 0.25) is 10.0 Å². The highest BCUT2D eigenvalue weighted by Gasteiger charge is 2.51. The van der Waals surface area contributed by atoms with Crippen molar-refractivity contribution in [2.24, 2.45) is 5.41 Å². The van der Waals surface area contributed by atoms with Crippen LogP contribution in [0.3, 0.4) is 0 Å². The third-order valence-electron chi connectivity index (χ3n) is 5.40. The Morgan fingerprint density at radius 1 is 1.10 bits per heavy atom. The Hall–Kier alpha value is -1.83. The minimum Gasteiger partial charge on any atom is -0.489 e. The maximum atomic E-state index is 13.2. The zero-order valence-electron chi connectivity index (χ0n) is 16.4. The zero-order chi connectivity index (χ0) is 21.5.